The molecule has 0 spiro atoms. The van der Waals surface area contributed by atoms with E-state index < -0.39 is 5.97 Å². The average Bonchev–Trinajstić information content (AvgIpc) is 2.96. The number of nitrogens with zero attached hydrogens (tertiary/aromatic N) is 2. The first-order chi connectivity index (χ1) is 11.0. The molecular weight excluding hydrogens is 288 g/mol. The third-order valence-electron chi connectivity index (χ3n) is 4.07. The van der Waals surface area contributed by atoms with E-state index in [0.717, 1.165) is 28.1 Å². The summed E-state index contributed by atoms with van der Waals surface area (Å²) in [6, 6.07) is 15.5. The van der Waals surface area contributed by atoms with Gasteiger partial charge in [-0.3, -0.25) is 0 Å². The first-order valence-corrected chi connectivity index (χ1v) is 7.44. The minimum atomic E-state index is -1.03. The highest BCUT2D eigenvalue weighted by molar-refractivity contribution is 5.87. The topological polar surface area (TPSA) is 55.1 Å². The number of aryl methyl sites for hydroxylation is 3. The summed E-state index contributed by atoms with van der Waals surface area (Å²) in [5.74, 6) is -1.03. The van der Waals surface area contributed by atoms with Crippen LogP contribution >= 0.6 is 0 Å². The molecule has 0 unspecified atom stereocenters. The smallest absolute Gasteiger partial charge is 0.356 e. The molecule has 0 saturated carbocycles. The average molecular weight is 306 g/mol. The zero-order valence-electron chi connectivity index (χ0n) is 13.4. The van der Waals surface area contributed by atoms with Crippen molar-refractivity contribution in [1.29, 1.82) is 0 Å². The fourth-order valence-electron chi connectivity index (χ4n) is 2.58. The minimum absolute atomic E-state index is 0.0430. The zero-order chi connectivity index (χ0) is 16.6. The van der Waals surface area contributed by atoms with E-state index in [1.807, 2.05) is 50.2 Å². The summed E-state index contributed by atoms with van der Waals surface area (Å²) in [6.45, 7) is 6.09. The fraction of sp³-hybridized carbons (Fsp3) is 0.158. The number of rotatable bonds is 3. The lowest BCUT2D eigenvalue weighted by atomic mass is 10.0. The van der Waals surface area contributed by atoms with Crippen molar-refractivity contribution in [3.63, 3.8) is 0 Å². The number of aromatic nitrogens is 2. The van der Waals surface area contributed by atoms with Crippen molar-refractivity contribution in [2.24, 2.45) is 0 Å². The Hall–Kier alpha value is -2.88. The van der Waals surface area contributed by atoms with E-state index in [2.05, 4.69) is 18.1 Å². The Morgan fingerprint density at radius 3 is 2.35 bits per heavy atom. The quantitative estimate of drug-likeness (QED) is 0.790. The molecule has 3 rings (SSSR count). The predicted molar refractivity (Wildman–Crippen MR) is 90.2 cm³/mol. The van der Waals surface area contributed by atoms with Gasteiger partial charge in [0.15, 0.2) is 5.69 Å². The Kier molecular flexibility index (Phi) is 3.74. The van der Waals surface area contributed by atoms with E-state index in [4.69, 9.17) is 0 Å². The number of para-hydroxylation sites is 1. The van der Waals surface area contributed by atoms with Crippen LogP contribution in [-0.2, 0) is 0 Å². The maximum absolute atomic E-state index is 11.4. The SMILES string of the molecule is Cc1ccc(-c2cc(C(=O)O)nn2-c2ccccc2C)cc1C. The summed E-state index contributed by atoms with van der Waals surface area (Å²) in [5.41, 5.74) is 6.06. The Balaban J connectivity index is 2.25. The monoisotopic (exact) mass is 306 g/mol. The molecule has 4 nitrogen and oxygen atoms in total. The van der Waals surface area contributed by atoms with E-state index in [-0.39, 0.29) is 5.69 Å². The van der Waals surface area contributed by atoms with Gasteiger partial charge in [-0.25, -0.2) is 9.48 Å². The summed E-state index contributed by atoms with van der Waals surface area (Å²) >= 11 is 0. The Morgan fingerprint density at radius 2 is 1.70 bits per heavy atom. The van der Waals surface area contributed by atoms with Crippen molar-refractivity contribution in [3.05, 3.63) is 70.9 Å². The molecule has 0 bridgehead atoms. The van der Waals surface area contributed by atoms with Crippen LogP contribution in [0.5, 0.6) is 0 Å². The predicted octanol–water partition coefficient (Wildman–Crippen LogP) is 4.16. The van der Waals surface area contributed by atoms with Crippen molar-refractivity contribution in [2.75, 3.05) is 0 Å². The molecule has 3 aromatic rings. The Morgan fingerprint density at radius 1 is 0.957 bits per heavy atom. The number of carboxylic acids is 1. The van der Waals surface area contributed by atoms with Crippen LogP contribution in [-0.4, -0.2) is 20.9 Å². The maximum Gasteiger partial charge on any atom is 0.356 e. The second-order valence-electron chi connectivity index (χ2n) is 5.72. The number of hydrogen-bond donors (Lipinski definition) is 1. The molecule has 0 aliphatic heterocycles. The fourth-order valence-corrected chi connectivity index (χ4v) is 2.58. The lowest BCUT2D eigenvalue weighted by molar-refractivity contribution is 0.0690. The summed E-state index contributed by atoms with van der Waals surface area (Å²) < 4.78 is 1.71. The third-order valence-corrected chi connectivity index (χ3v) is 4.07. The molecule has 1 aromatic heterocycles. The highest BCUT2D eigenvalue weighted by Gasteiger charge is 2.17. The van der Waals surface area contributed by atoms with E-state index >= 15 is 0 Å². The molecule has 0 aliphatic carbocycles. The maximum atomic E-state index is 11.4. The highest BCUT2D eigenvalue weighted by Crippen LogP contribution is 2.27. The highest BCUT2D eigenvalue weighted by atomic mass is 16.4. The second-order valence-corrected chi connectivity index (χ2v) is 5.72. The van der Waals surface area contributed by atoms with Crippen molar-refractivity contribution < 1.29 is 9.90 Å². The van der Waals surface area contributed by atoms with Gasteiger partial charge in [0.05, 0.1) is 11.4 Å². The van der Waals surface area contributed by atoms with Gasteiger partial charge in [0.2, 0.25) is 0 Å². The second kappa shape index (κ2) is 5.72. The molecule has 116 valence electrons. The molecule has 1 N–H and O–H groups in total. The van der Waals surface area contributed by atoms with Gasteiger partial charge in [-0.15, -0.1) is 0 Å². The molecule has 0 saturated heterocycles. The molecule has 2 aromatic carbocycles. The molecule has 1 heterocycles. The van der Waals surface area contributed by atoms with Crippen LogP contribution in [0.2, 0.25) is 0 Å². The number of hydrogen-bond acceptors (Lipinski definition) is 2. The third kappa shape index (κ3) is 2.75. The number of benzene rings is 2. The van der Waals surface area contributed by atoms with Crippen LogP contribution in [0.1, 0.15) is 27.2 Å². The molecule has 23 heavy (non-hydrogen) atoms. The van der Waals surface area contributed by atoms with Crippen molar-refractivity contribution in [1.82, 2.24) is 9.78 Å². The first kappa shape index (κ1) is 15.0. The van der Waals surface area contributed by atoms with Gasteiger partial charge in [-0.2, -0.15) is 5.10 Å². The minimum Gasteiger partial charge on any atom is -0.476 e. The molecule has 0 radical (unpaired) electrons. The van der Waals surface area contributed by atoms with Gasteiger partial charge < -0.3 is 5.11 Å². The lowest BCUT2D eigenvalue weighted by Crippen LogP contribution is -2.04. The Labute approximate surface area is 135 Å². The summed E-state index contributed by atoms with van der Waals surface area (Å²) in [5, 5.41) is 13.6. The van der Waals surface area contributed by atoms with Crippen LogP contribution in [0.4, 0.5) is 0 Å². The van der Waals surface area contributed by atoms with Crippen LogP contribution in [0, 0.1) is 20.8 Å². The van der Waals surface area contributed by atoms with Gasteiger partial charge >= 0.3 is 5.97 Å². The van der Waals surface area contributed by atoms with Crippen molar-refractivity contribution in [3.8, 4) is 16.9 Å². The first-order valence-electron chi connectivity index (χ1n) is 7.44. The Bertz CT molecular complexity index is 894. The van der Waals surface area contributed by atoms with Gasteiger partial charge in [0, 0.05) is 5.56 Å². The molecule has 0 atom stereocenters. The summed E-state index contributed by atoms with van der Waals surface area (Å²) in [7, 11) is 0. The van der Waals surface area contributed by atoms with Gasteiger partial charge in [0.25, 0.3) is 0 Å². The number of aromatic carboxylic acids is 1. The largest absolute Gasteiger partial charge is 0.476 e. The summed E-state index contributed by atoms with van der Waals surface area (Å²) in [6.07, 6.45) is 0. The molecular formula is C19H18N2O2. The van der Waals surface area contributed by atoms with Gasteiger partial charge in [-0.05, 0) is 55.7 Å². The normalized spacial score (nSPS) is 10.7. The molecule has 4 heteroatoms. The van der Waals surface area contributed by atoms with E-state index in [1.165, 1.54) is 5.56 Å². The standard InChI is InChI=1S/C19H18N2O2/c1-12-8-9-15(10-14(12)3)18-11-16(19(22)23)20-21(18)17-7-5-4-6-13(17)2/h4-11H,1-3H3,(H,22,23). The van der Waals surface area contributed by atoms with Crippen molar-refractivity contribution in [2.45, 2.75) is 20.8 Å². The number of carbonyl (C=O) groups is 1. The number of carboxylic acid groups (broad SMARTS) is 1. The zero-order valence-corrected chi connectivity index (χ0v) is 13.4. The van der Waals surface area contributed by atoms with Crippen molar-refractivity contribution >= 4 is 5.97 Å². The lowest BCUT2D eigenvalue weighted by Gasteiger charge is -2.11. The van der Waals surface area contributed by atoms with Gasteiger partial charge in [0.1, 0.15) is 0 Å². The van der Waals surface area contributed by atoms with Gasteiger partial charge in [-0.1, -0.05) is 30.3 Å². The molecule has 0 fully saturated rings. The van der Waals surface area contributed by atoms with Crippen LogP contribution in [0.25, 0.3) is 16.9 Å². The van der Waals surface area contributed by atoms with Crippen LogP contribution in [0.15, 0.2) is 48.5 Å². The summed E-state index contributed by atoms with van der Waals surface area (Å²) in [4.78, 5) is 11.4. The van der Waals surface area contributed by atoms with E-state index in [0.29, 0.717) is 0 Å². The molecule has 0 aliphatic rings. The van der Waals surface area contributed by atoms with Crippen LogP contribution in [0.3, 0.4) is 0 Å². The van der Waals surface area contributed by atoms with Crippen LogP contribution < -0.4 is 0 Å². The molecule has 0 amide bonds. The van der Waals surface area contributed by atoms with E-state index in [1.54, 1.807) is 10.7 Å². The van der Waals surface area contributed by atoms with E-state index in [9.17, 15) is 9.90 Å².